The van der Waals surface area contributed by atoms with E-state index in [-0.39, 0.29) is 52.7 Å². The largest absolute Gasteiger partial charge is 0.477 e. The smallest absolute Gasteiger partial charge is 0.312 e. The summed E-state index contributed by atoms with van der Waals surface area (Å²) >= 11 is 12.0. The molecule has 0 saturated carbocycles. The van der Waals surface area contributed by atoms with E-state index in [2.05, 4.69) is 5.32 Å². The third-order valence-corrected chi connectivity index (χ3v) is 6.85. The van der Waals surface area contributed by atoms with Crippen LogP contribution in [0.3, 0.4) is 0 Å². The second kappa shape index (κ2) is 9.79. The number of sulfonamides is 1. The second-order valence-electron chi connectivity index (χ2n) is 6.34. The lowest BCUT2D eigenvalue weighted by molar-refractivity contribution is -0.386. The molecule has 13 heteroatoms. The van der Waals surface area contributed by atoms with Gasteiger partial charge in [-0.05, 0) is 24.3 Å². The van der Waals surface area contributed by atoms with Crippen molar-refractivity contribution < 1.29 is 27.6 Å². The highest BCUT2D eigenvalue weighted by Gasteiger charge is 2.29. The number of rotatable bonds is 7. The van der Waals surface area contributed by atoms with Crippen LogP contribution in [0.4, 0.5) is 11.4 Å². The van der Waals surface area contributed by atoms with E-state index >= 15 is 0 Å². The van der Waals surface area contributed by atoms with Crippen LogP contribution in [0.2, 0.25) is 10.0 Å². The molecule has 0 aromatic heterocycles. The summed E-state index contributed by atoms with van der Waals surface area (Å²) in [5, 5.41) is 14.4. The van der Waals surface area contributed by atoms with Crippen molar-refractivity contribution in [1.29, 1.82) is 0 Å². The Hall–Kier alpha value is -2.44. The highest BCUT2D eigenvalue weighted by atomic mass is 35.5. The Bertz CT molecular complexity index is 1090. The molecule has 0 atom stereocenters. The number of carbonyl (C=O) groups excluding carboxylic acids is 1. The summed E-state index contributed by atoms with van der Waals surface area (Å²) in [4.78, 5) is 22.6. The van der Waals surface area contributed by atoms with E-state index in [4.69, 9.17) is 32.7 Å². The van der Waals surface area contributed by atoms with Crippen LogP contribution in [0.1, 0.15) is 0 Å². The molecule has 0 aliphatic carbocycles. The first-order valence-corrected chi connectivity index (χ1v) is 11.1. The van der Waals surface area contributed by atoms with Gasteiger partial charge in [0, 0.05) is 19.2 Å². The first kappa shape index (κ1) is 23.2. The van der Waals surface area contributed by atoms with E-state index in [9.17, 15) is 23.3 Å². The molecule has 0 unspecified atom stereocenters. The molecule has 166 valence electrons. The van der Waals surface area contributed by atoms with Gasteiger partial charge in [-0.3, -0.25) is 14.9 Å². The molecule has 10 nitrogen and oxygen atoms in total. The lowest BCUT2D eigenvalue weighted by atomic mass is 10.3. The fourth-order valence-electron chi connectivity index (χ4n) is 2.79. The molecule has 1 heterocycles. The quantitative estimate of drug-likeness (QED) is 0.467. The molecule has 0 bridgehead atoms. The Morgan fingerprint density at radius 2 is 1.84 bits per heavy atom. The molecular weight excluding hydrogens is 473 g/mol. The first-order chi connectivity index (χ1) is 14.7. The fraction of sp³-hybridized carbons (Fsp3) is 0.278. The van der Waals surface area contributed by atoms with Crippen LogP contribution in [0.25, 0.3) is 0 Å². The minimum atomic E-state index is -3.93. The van der Waals surface area contributed by atoms with Crippen molar-refractivity contribution in [3.8, 4) is 5.75 Å². The number of nitro groups is 1. The van der Waals surface area contributed by atoms with Crippen LogP contribution >= 0.6 is 23.2 Å². The number of morpholine rings is 1. The molecule has 0 spiro atoms. The lowest BCUT2D eigenvalue weighted by Crippen LogP contribution is -2.40. The Morgan fingerprint density at radius 1 is 1.19 bits per heavy atom. The number of nitro benzene ring substituents is 1. The van der Waals surface area contributed by atoms with E-state index in [0.29, 0.717) is 0 Å². The van der Waals surface area contributed by atoms with Gasteiger partial charge in [-0.2, -0.15) is 4.31 Å². The van der Waals surface area contributed by atoms with Gasteiger partial charge in [0.2, 0.25) is 10.0 Å². The zero-order chi connectivity index (χ0) is 22.6. The fourth-order valence-corrected chi connectivity index (χ4v) is 4.71. The molecule has 1 aliphatic rings. The number of ether oxygens (including phenoxy) is 2. The summed E-state index contributed by atoms with van der Waals surface area (Å²) in [6, 6.07) is 7.90. The molecule has 1 saturated heterocycles. The summed E-state index contributed by atoms with van der Waals surface area (Å²) in [5.74, 6) is -0.916. The van der Waals surface area contributed by atoms with Crippen LogP contribution in [-0.2, 0) is 19.6 Å². The summed E-state index contributed by atoms with van der Waals surface area (Å²) < 4.78 is 37.0. The van der Waals surface area contributed by atoms with Crippen LogP contribution in [0, 0.1) is 10.1 Å². The average molecular weight is 490 g/mol. The highest BCUT2D eigenvalue weighted by Crippen LogP contribution is 2.32. The Morgan fingerprint density at radius 3 is 2.45 bits per heavy atom. The number of hydrogen-bond donors (Lipinski definition) is 1. The number of hydrogen-bond acceptors (Lipinski definition) is 7. The van der Waals surface area contributed by atoms with Gasteiger partial charge in [-0.15, -0.1) is 0 Å². The average Bonchev–Trinajstić information content (AvgIpc) is 2.75. The number of para-hydroxylation sites is 1. The number of halogens is 2. The molecular formula is C18H17Cl2N3O7S. The Kier molecular flexibility index (Phi) is 7.34. The maximum absolute atomic E-state index is 12.7. The SMILES string of the molecule is O=C(COc1ccc(S(=O)(=O)N2CCOCC2)cc1[N+](=O)[O-])Nc1c(Cl)cccc1Cl. The minimum absolute atomic E-state index is 0.152. The monoisotopic (exact) mass is 489 g/mol. The molecule has 2 aromatic carbocycles. The maximum atomic E-state index is 12.7. The van der Waals surface area contributed by atoms with Crippen LogP contribution in [0.15, 0.2) is 41.3 Å². The van der Waals surface area contributed by atoms with E-state index in [0.717, 1.165) is 12.1 Å². The zero-order valence-corrected chi connectivity index (χ0v) is 18.2. The molecule has 1 N–H and O–H groups in total. The van der Waals surface area contributed by atoms with Gasteiger partial charge in [-0.1, -0.05) is 29.3 Å². The van der Waals surface area contributed by atoms with Gasteiger partial charge in [0.1, 0.15) is 0 Å². The number of nitrogens with one attached hydrogen (secondary N) is 1. The van der Waals surface area contributed by atoms with Gasteiger partial charge in [0.25, 0.3) is 5.91 Å². The van der Waals surface area contributed by atoms with Crippen LogP contribution in [-0.4, -0.2) is 56.5 Å². The van der Waals surface area contributed by atoms with E-state index in [1.807, 2.05) is 0 Å². The number of amides is 1. The lowest BCUT2D eigenvalue weighted by Gasteiger charge is -2.26. The molecule has 1 aliphatic heterocycles. The summed E-state index contributed by atoms with van der Waals surface area (Å²) in [7, 11) is -3.93. The maximum Gasteiger partial charge on any atom is 0.312 e. The van der Waals surface area contributed by atoms with Crippen molar-refractivity contribution >= 4 is 50.5 Å². The third kappa shape index (κ3) is 5.43. The van der Waals surface area contributed by atoms with Crippen molar-refractivity contribution in [2.75, 3.05) is 38.2 Å². The topological polar surface area (TPSA) is 128 Å². The molecule has 1 amide bonds. The zero-order valence-electron chi connectivity index (χ0n) is 15.9. The van der Waals surface area contributed by atoms with Gasteiger partial charge in [0.05, 0.1) is 38.8 Å². The first-order valence-electron chi connectivity index (χ1n) is 8.93. The molecule has 31 heavy (non-hydrogen) atoms. The Balaban J connectivity index is 1.76. The molecule has 0 radical (unpaired) electrons. The number of nitrogens with zero attached hydrogens (tertiary/aromatic N) is 2. The second-order valence-corrected chi connectivity index (χ2v) is 9.09. The van der Waals surface area contributed by atoms with Crippen molar-refractivity contribution in [3.63, 3.8) is 0 Å². The number of carbonyl (C=O) groups is 1. The number of anilines is 1. The van der Waals surface area contributed by atoms with Crippen LogP contribution in [0.5, 0.6) is 5.75 Å². The minimum Gasteiger partial charge on any atom is -0.477 e. The normalized spacial score (nSPS) is 14.8. The summed E-state index contributed by atoms with van der Waals surface area (Å²) in [6.45, 7) is 0.205. The molecule has 1 fully saturated rings. The summed E-state index contributed by atoms with van der Waals surface area (Å²) in [5.41, 5.74) is -0.404. The predicted octanol–water partition coefficient (Wildman–Crippen LogP) is 2.94. The van der Waals surface area contributed by atoms with E-state index in [1.54, 1.807) is 6.07 Å². The van der Waals surface area contributed by atoms with Gasteiger partial charge < -0.3 is 14.8 Å². The summed E-state index contributed by atoms with van der Waals surface area (Å²) in [6.07, 6.45) is 0. The molecule has 2 aromatic rings. The third-order valence-electron chi connectivity index (χ3n) is 4.32. The van der Waals surface area contributed by atoms with Crippen molar-refractivity contribution in [3.05, 3.63) is 56.6 Å². The van der Waals surface area contributed by atoms with E-state index in [1.165, 1.54) is 22.5 Å². The Labute approximate surface area is 187 Å². The van der Waals surface area contributed by atoms with Crippen molar-refractivity contribution in [1.82, 2.24) is 4.31 Å². The van der Waals surface area contributed by atoms with Crippen molar-refractivity contribution in [2.24, 2.45) is 0 Å². The highest BCUT2D eigenvalue weighted by molar-refractivity contribution is 7.89. The number of benzene rings is 2. The predicted molar refractivity (Wildman–Crippen MR) is 113 cm³/mol. The van der Waals surface area contributed by atoms with Gasteiger partial charge in [-0.25, -0.2) is 8.42 Å². The van der Waals surface area contributed by atoms with Gasteiger partial charge >= 0.3 is 5.69 Å². The standard InChI is InChI=1S/C18H17Cl2N3O7S/c19-13-2-1-3-14(20)18(13)21-17(24)11-30-16-5-4-12(10-15(16)23(25)26)31(27,28)22-6-8-29-9-7-22/h1-5,10H,6-9,11H2,(H,21,24). The van der Waals surface area contributed by atoms with E-state index < -0.39 is 33.1 Å². The van der Waals surface area contributed by atoms with Crippen molar-refractivity contribution in [2.45, 2.75) is 4.90 Å². The van der Waals surface area contributed by atoms with Gasteiger partial charge in [0.15, 0.2) is 12.4 Å². The van der Waals surface area contributed by atoms with Crippen LogP contribution < -0.4 is 10.1 Å². The molecule has 3 rings (SSSR count).